The van der Waals surface area contributed by atoms with Gasteiger partial charge < -0.3 is 10.1 Å². The first-order chi connectivity index (χ1) is 14.3. The number of ether oxygens (including phenoxy) is 1. The molecule has 1 amide bonds. The molecule has 0 fully saturated rings. The zero-order valence-corrected chi connectivity index (χ0v) is 16.2. The molecule has 0 aromatic heterocycles. The number of halogens is 4. The molecule has 0 radical (unpaired) electrons. The second kappa shape index (κ2) is 9.45. The number of carbonyl (C=O) groups is 1. The van der Waals surface area contributed by atoms with Crippen LogP contribution < -0.4 is 10.1 Å². The minimum Gasteiger partial charge on any atom is -0.457 e. The van der Waals surface area contributed by atoms with Gasteiger partial charge >= 0.3 is 6.18 Å². The van der Waals surface area contributed by atoms with Gasteiger partial charge in [0.15, 0.2) is 0 Å². The normalized spacial score (nSPS) is 11.5. The molecule has 4 nitrogen and oxygen atoms in total. The summed E-state index contributed by atoms with van der Waals surface area (Å²) in [4.78, 5) is 15.9. The molecule has 0 saturated carbocycles. The molecule has 0 aliphatic rings. The number of rotatable bonds is 6. The van der Waals surface area contributed by atoms with E-state index in [2.05, 4.69) is 10.3 Å². The van der Waals surface area contributed by atoms with E-state index in [1.165, 1.54) is 18.3 Å². The topological polar surface area (TPSA) is 50.7 Å². The first-order valence-corrected chi connectivity index (χ1v) is 9.18. The Morgan fingerprint density at radius 1 is 1.00 bits per heavy atom. The third-order valence-electron chi connectivity index (χ3n) is 3.88. The highest BCUT2D eigenvalue weighted by atomic mass is 35.5. The van der Waals surface area contributed by atoms with E-state index in [4.69, 9.17) is 16.3 Å². The van der Waals surface area contributed by atoms with Crippen LogP contribution in [0.2, 0.25) is 5.02 Å². The van der Waals surface area contributed by atoms with E-state index in [0.29, 0.717) is 22.2 Å². The molecule has 0 unspecified atom stereocenters. The molecule has 8 heteroatoms. The Balaban J connectivity index is 1.52. The highest BCUT2D eigenvalue weighted by Crippen LogP contribution is 2.29. The predicted molar refractivity (Wildman–Crippen MR) is 111 cm³/mol. The average molecular weight is 433 g/mol. The summed E-state index contributed by atoms with van der Waals surface area (Å²) in [5.41, 5.74) is 0.0378. The molecule has 0 saturated heterocycles. The number of amides is 1. The second-order valence-electron chi connectivity index (χ2n) is 6.22. The van der Waals surface area contributed by atoms with Crippen molar-refractivity contribution in [2.24, 2.45) is 4.99 Å². The Morgan fingerprint density at radius 3 is 2.27 bits per heavy atom. The standard InChI is InChI=1S/C22H16ClF3N2O2/c23-17-4-8-19(9-5-17)30-20-10-6-18(7-11-20)28-21(29)14-27-13-15-2-1-3-16(12-15)22(24,25)26/h1-13H,14H2,(H,28,29). The molecule has 154 valence electrons. The summed E-state index contributed by atoms with van der Waals surface area (Å²) in [6.45, 7) is -0.223. The Labute approximate surface area is 176 Å². The van der Waals surface area contributed by atoms with Gasteiger partial charge in [-0.25, -0.2) is 0 Å². The van der Waals surface area contributed by atoms with Gasteiger partial charge in [-0.2, -0.15) is 13.2 Å². The van der Waals surface area contributed by atoms with E-state index >= 15 is 0 Å². The van der Waals surface area contributed by atoms with Crippen LogP contribution in [0.3, 0.4) is 0 Å². The first kappa shape index (κ1) is 21.4. The van der Waals surface area contributed by atoms with Crippen LogP contribution in [0.4, 0.5) is 18.9 Å². The van der Waals surface area contributed by atoms with Crippen LogP contribution in [0.25, 0.3) is 0 Å². The van der Waals surface area contributed by atoms with Gasteiger partial charge in [-0.05, 0) is 66.2 Å². The van der Waals surface area contributed by atoms with Crippen molar-refractivity contribution in [3.63, 3.8) is 0 Å². The van der Waals surface area contributed by atoms with Crippen LogP contribution in [-0.2, 0) is 11.0 Å². The summed E-state index contributed by atoms with van der Waals surface area (Å²) in [6, 6.07) is 18.3. The molecule has 3 aromatic rings. The third-order valence-corrected chi connectivity index (χ3v) is 4.13. The molecular formula is C22H16ClF3N2O2. The number of nitrogens with zero attached hydrogens (tertiary/aromatic N) is 1. The zero-order chi connectivity index (χ0) is 21.6. The first-order valence-electron chi connectivity index (χ1n) is 8.80. The quantitative estimate of drug-likeness (QED) is 0.471. The maximum absolute atomic E-state index is 12.7. The number of benzene rings is 3. The predicted octanol–water partition coefficient (Wildman–Crippen LogP) is 6.21. The van der Waals surface area contributed by atoms with Crippen LogP contribution in [0, 0.1) is 0 Å². The molecular weight excluding hydrogens is 417 g/mol. The van der Waals surface area contributed by atoms with Crippen LogP contribution in [0.5, 0.6) is 11.5 Å². The Bertz CT molecular complexity index is 1030. The van der Waals surface area contributed by atoms with Gasteiger partial charge in [0.25, 0.3) is 0 Å². The van der Waals surface area contributed by atoms with Crippen molar-refractivity contribution in [3.8, 4) is 11.5 Å². The van der Waals surface area contributed by atoms with E-state index in [-0.39, 0.29) is 12.1 Å². The van der Waals surface area contributed by atoms with Crippen LogP contribution in [-0.4, -0.2) is 18.7 Å². The molecule has 0 atom stereocenters. The van der Waals surface area contributed by atoms with Gasteiger partial charge in [0.05, 0.1) is 5.56 Å². The molecule has 0 aliphatic carbocycles. The van der Waals surface area contributed by atoms with Crippen molar-refractivity contribution < 1.29 is 22.7 Å². The van der Waals surface area contributed by atoms with Crippen molar-refractivity contribution in [3.05, 3.63) is 88.9 Å². The molecule has 0 spiro atoms. The van der Waals surface area contributed by atoms with E-state index in [1.54, 1.807) is 48.5 Å². The SMILES string of the molecule is O=C(CN=Cc1cccc(C(F)(F)F)c1)Nc1ccc(Oc2ccc(Cl)cc2)cc1. The van der Waals surface area contributed by atoms with Crippen LogP contribution >= 0.6 is 11.6 Å². The van der Waals surface area contributed by atoms with Gasteiger partial charge in [0.1, 0.15) is 18.0 Å². The fourth-order valence-corrected chi connectivity index (χ4v) is 2.60. The molecule has 30 heavy (non-hydrogen) atoms. The van der Waals surface area contributed by atoms with Crippen molar-refractivity contribution in [2.45, 2.75) is 6.18 Å². The molecule has 1 N–H and O–H groups in total. The van der Waals surface area contributed by atoms with E-state index in [0.717, 1.165) is 12.1 Å². The van der Waals surface area contributed by atoms with Crippen LogP contribution in [0.15, 0.2) is 77.8 Å². The minimum atomic E-state index is -4.43. The minimum absolute atomic E-state index is 0.223. The van der Waals surface area contributed by atoms with Crippen molar-refractivity contribution in [1.82, 2.24) is 0 Å². The van der Waals surface area contributed by atoms with E-state index in [9.17, 15) is 18.0 Å². The maximum atomic E-state index is 12.7. The number of anilines is 1. The van der Waals surface area contributed by atoms with E-state index < -0.39 is 17.6 Å². The second-order valence-corrected chi connectivity index (χ2v) is 6.66. The number of nitrogens with one attached hydrogen (secondary N) is 1. The molecule has 0 aliphatic heterocycles. The number of carbonyl (C=O) groups excluding carboxylic acids is 1. The van der Waals surface area contributed by atoms with Gasteiger partial charge in [-0.15, -0.1) is 0 Å². The van der Waals surface area contributed by atoms with Gasteiger partial charge in [-0.3, -0.25) is 9.79 Å². The fraction of sp³-hybridized carbons (Fsp3) is 0.0909. The number of hydrogen-bond acceptors (Lipinski definition) is 3. The summed E-state index contributed by atoms with van der Waals surface area (Å²) in [5.74, 6) is 0.808. The fourth-order valence-electron chi connectivity index (χ4n) is 2.47. The summed E-state index contributed by atoms with van der Waals surface area (Å²) in [7, 11) is 0. The summed E-state index contributed by atoms with van der Waals surface area (Å²) < 4.78 is 43.8. The Hall–Kier alpha value is -3.32. The average Bonchev–Trinajstić information content (AvgIpc) is 2.71. The summed E-state index contributed by atoms with van der Waals surface area (Å²) >= 11 is 5.83. The highest BCUT2D eigenvalue weighted by Gasteiger charge is 2.30. The van der Waals surface area contributed by atoms with Crippen molar-refractivity contribution in [2.75, 3.05) is 11.9 Å². The number of aliphatic imine (C=N–C) groups is 1. The maximum Gasteiger partial charge on any atom is 0.416 e. The van der Waals surface area contributed by atoms with E-state index in [1.807, 2.05) is 0 Å². The van der Waals surface area contributed by atoms with Crippen LogP contribution in [0.1, 0.15) is 11.1 Å². The molecule has 0 bridgehead atoms. The Morgan fingerprint density at radius 2 is 1.63 bits per heavy atom. The highest BCUT2D eigenvalue weighted by molar-refractivity contribution is 6.30. The lowest BCUT2D eigenvalue weighted by Crippen LogP contribution is -2.14. The zero-order valence-electron chi connectivity index (χ0n) is 15.5. The smallest absolute Gasteiger partial charge is 0.416 e. The number of hydrogen-bond donors (Lipinski definition) is 1. The summed E-state index contributed by atoms with van der Waals surface area (Å²) in [5, 5.41) is 3.26. The van der Waals surface area contributed by atoms with Gasteiger partial charge in [0, 0.05) is 16.9 Å². The lowest BCUT2D eigenvalue weighted by Gasteiger charge is -2.08. The van der Waals surface area contributed by atoms with Gasteiger partial charge in [0.2, 0.25) is 5.91 Å². The molecule has 3 aromatic carbocycles. The summed E-state index contributed by atoms with van der Waals surface area (Å²) in [6.07, 6.45) is -3.19. The monoisotopic (exact) mass is 432 g/mol. The lowest BCUT2D eigenvalue weighted by molar-refractivity contribution is -0.137. The Kier molecular flexibility index (Phi) is 6.74. The largest absolute Gasteiger partial charge is 0.457 e. The molecule has 3 rings (SSSR count). The third kappa shape index (κ3) is 6.35. The molecule has 0 heterocycles. The van der Waals surface area contributed by atoms with Crippen molar-refractivity contribution >= 4 is 29.4 Å². The number of alkyl halides is 3. The lowest BCUT2D eigenvalue weighted by atomic mass is 10.1. The van der Waals surface area contributed by atoms with Crippen molar-refractivity contribution in [1.29, 1.82) is 0 Å². The van der Waals surface area contributed by atoms with Gasteiger partial charge in [-0.1, -0.05) is 23.7 Å².